The van der Waals surface area contributed by atoms with Crippen molar-refractivity contribution in [1.82, 2.24) is 5.32 Å². The monoisotopic (exact) mass is 219 g/mol. The molecule has 3 nitrogen and oxygen atoms in total. The number of carbonyl (C=O) groups is 1. The Morgan fingerprint density at radius 1 is 1.67 bits per heavy atom. The van der Waals surface area contributed by atoms with E-state index in [0.29, 0.717) is 0 Å². The van der Waals surface area contributed by atoms with Crippen molar-refractivity contribution in [2.24, 2.45) is 0 Å². The predicted molar refractivity (Wildman–Crippen MR) is 51.7 cm³/mol. The molecule has 1 saturated heterocycles. The normalized spacial score (nSPS) is 25.3. The maximum atomic E-state index is 12.8. The predicted octanol–water partition coefficient (Wildman–Crippen LogP) is 1.49. The number of halogens is 2. The van der Waals surface area contributed by atoms with Crippen LogP contribution in [0.3, 0.4) is 0 Å². The first-order chi connectivity index (χ1) is 6.93. The molecule has 1 atom stereocenters. The highest BCUT2D eigenvalue weighted by Crippen LogP contribution is 2.26. The van der Waals surface area contributed by atoms with Gasteiger partial charge in [0, 0.05) is 12.5 Å². The Balaban J connectivity index is 2.46. The fraction of sp³-hybridized carbons (Fsp3) is 0.700. The molecular weight excluding hydrogens is 204 g/mol. The molecule has 0 aromatic rings. The molecule has 1 N–H and O–H groups in total. The van der Waals surface area contributed by atoms with Crippen LogP contribution in [-0.2, 0) is 9.53 Å². The lowest BCUT2D eigenvalue weighted by Crippen LogP contribution is -2.21. The van der Waals surface area contributed by atoms with E-state index in [2.05, 4.69) is 10.1 Å². The van der Waals surface area contributed by atoms with Crippen LogP contribution >= 0.6 is 0 Å². The standard InChI is InChI=1S/C10H15F2NO2/c1-7(4-9(14)15-2)3-8-5-10(11,12)6-13-8/h3,8,13H,4-6H2,1-2H3/b7-3+/t8-/m1/s1. The van der Waals surface area contributed by atoms with Crippen LogP contribution < -0.4 is 5.32 Å². The van der Waals surface area contributed by atoms with Gasteiger partial charge in [0.15, 0.2) is 0 Å². The van der Waals surface area contributed by atoms with Crippen molar-refractivity contribution >= 4 is 5.97 Å². The second-order valence-electron chi connectivity index (χ2n) is 3.81. The molecule has 15 heavy (non-hydrogen) atoms. The number of ether oxygens (including phenoxy) is 1. The summed E-state index contributed by atoms with van der Waals surface area (Å²) in [4.78, 5) is 10.9. The Bertz CT molecular complexity index is 277. The molecule has 0 bridgehead atoms. The van der Waals surface area contributed by atoms with E-state index in [1.54, 1.807) is 13.0 Å². The smallest absolute Gasteiger partial charge is 0.309 e. The molecule has 0 aromatic heterocycles. The highest BCUT2D eigenvalue weighted by Gasteiger charge is 2.38. The maximum Gasteiger partial charge on any atom is 0.309 e. The summed E-state index contributed by atoms with van der Waals surface area (Å²) in [6.07, 6.45) is 1.61. The van der Waals surface area contributed by atoms with Gasteiger partial charge in [-0.1, -0.05) is 11.6 Å². The number of hydrogen-bond acceptors (Lipinski definition) is 3. The van der Waals surface area contributed by atoms with E-state index in [1.165, 1.54) is 7.11 Å². The zero-order valence-electron chi connectivity index (χ0n) is 8.85. The molecule has 1 fully saturated rings. The van der Waals surface area contributed by atoms with E-state index in [0.717, 1.165) is 5.57 Å². The summed E-state index contributed by atoms with van der Waals surface area (Å²) in [5, 5.41) is 2.69. The first kappa shape index (κ1) is 12.1. The van der Waals surface area contributed by atoms with Crippen LogP contribution in [0.1, 0.15) is 19.8 Å². The summed E-state index contributed by atoms with van der Waals surface area (Å²) in [6.45, 7) is 1.44. The first-order valence-electron chi connectivity index (χ1n) is 4.78. The van der Waals surface area contributed by atoms with Gasteiger partial charge in [-0.3, -0.25) is 4.79 Å². The van der Waals surface area contributed by atoms with E-state index in [4.69, 9.17) is 0 Å². The van der Waals surface area contributed by atoms with Gasteiger partial charge in [-0.2, -0.15) is 0 Å². The van der Waals surface area contributed by atoms with Crippen molar-refractivity contribution in [3.63, 3.8) is 0 Å². The van der Waals surface area contributed by atoms with Crippen LogP contribution in [-0.4, -0.2) is 31.6 Å². The summed E-state index contributed by atoms with van der Waals surface area (Å²) in [5.74, 6) is -2.99. The summed E-state index contributed by atoms with van der Waals surface area (Å²) < 4.78 is 30.1. The SMILES string of the molecule is COC(=O)C/C(C)=C/[C@@H]1CC(F)(F)CN1. The van der Waals surface area contributed by atoms with Gasteiger partial charge >= 0.3 is 5.97 Å². The number of methoxy groups -OCH3 is 1. The molecule has 86 valence electrons. The molecule has 0 radical (unpaired) electrons. The third-order valence-corrected chi connectivity index (χ3v) is 2.28. The Labute approximate surface area is 87.5 Å². The van der Waals surface area contributed by atoms with Gasteiger partial charge in [0.25, 0.3) is 5.92 Å². The van der Waals surface area contributed by atoms with Crippen molar-refractivity contribution in [2.75, 3.05) is 13.7 Å². The zero-order chi connectivity index (χ0) is 11.5. The minimum atomic E-state index is -2.63. The molecule has 0 amide bonds. The fourth-order valence-corrected chi connectivity index (χ4v) is 1.57. The topological polar surface area (TPSA) is 38.3 Å². The van der Waals surface area contributed by atoms with Gasteiger partial charge in [-0.25, -0.2) is 8.78 Å². The number of esters is 1. The van der Waals surface area contributed by atoms with Crippen molar-refractivity contribution in [2.45, 2.75) is 31.7 Å². The molecule has 1 aliphatic rings. The van der Waals surface area contributed by atoms with E-state index < -0.39 is 5.92 Å². The maximum absolute atomic E-state index is 12.8. The number of nitrogens with one attached hydrogen (secondary N) is 1. The summed E-state index contributed by atoms with van der Waals surface area (Å²) >= 11 is 0. The van der Waals surface area contributed by atoms with Crippen LogP contribution in [0.2, 0.25) is 0 Å². The molecule has 0 spiro atoms. The Hall–Kier alpha value is -0.970. The van der Waals surface area contributed by atoms with Crippen molar-refractivity contribution in [3.8, 4) is 0 Å². The highest BCUT2D eigenvalue weighted by atomic mass is 19.3. The van der Waals surface area contributed by atoms with Gasteiger partial charge in [-0.05, 0) is 6.92 Å². The number of hydrogen-bond donors (Lipinski definition) is 1. The van der Waals surface area contributed by atoms with Crippen LogP contribution in [0.5, 0.6) is 0 Å². The molecule has 0 aliphatic carbocycles. The van der Waals surface area contributed by atoms with Gasteiger partial charge in [0.05, 0.1) is 20.1 Å². The Kier molecular flexibility index (Phi) is 3.79. The largest absolute Gasteiger partial charge is 0.469 e. The second kappa shape index (κ2) is 4.70. The lowest BCUT2D eigenvalue weighted by Gasteiger charge is -2.06. The van der Waals surface area contributed by atoms with Gasteiger partial charge in [0.1, 0.15) is 0 Å². The minimum Gasteiger partial charge on any atom is -0.469 e. The van der Waals surface area contributed by atoms with E-state index in [9.17, 15) is 13.6 Å². The minimum absolute atomic E-state index is 0.153. The fourth-order valence-electron chi connectivity index (χ4n) is 1.57. The van der Waals surface area contributed by atoms with Gasteiger partial charge in [-0.15, -0.1) is 0 Å². The highest BCUT2D eigenvalue weighted by molar-refractivity contribution is 5.72. The third kappa shape index (κ3) is 3.95. The van der Waals surface area contributed by atoms with Crippen LogP contribution in [0, 0.1) is 0 Å². The van der Waals surface area contributed by atoms with E-state index >= 15 is 0 Å². The average molecular weight is 219 g/mol. The van der Waals surface area contributed by atoms with Crippen molar-refractivity contribution in [3.05, 3.63) is 11.6 Å². The molecule has 0 saturated carbocycles. The molecule has 1 heterocycles. The first-order valence-corrected chi connectivity index (χ1v) is 4.78. The Morgan fingerprint density at radius 3 is 2.80 bits per heavy atom. The molecule has 0 unspecified atom stereocenters. The van der Waals surface area contributed by atoms with Crippen molar-refractivity contribution < 1.29 is 18.3 Å². The molecule has 1 aliphatic heterocycles. The number of rotatable bonds is 3. The zero-order valence-corrected chi connectivity index (χ0v) is 8.85. The quantitative estimate of drug-likeness (QED) is 0.577. The molecular formula is C10H15F2NO2. The lowest BCUT2D eigenvalue weighted by molar-refractivity contribution is -0.139. The summed E-state index contributed by atoms with van der Waals surface area (Å²) in [5.41, 5.74) is 0.747. The number of alkyl halides is 2. The van der Waals surface area contributed by atoms with E-state index in [-0.39, 0.29) is 31.4 Å². The van der Waals surface area contributed by atoms with Crippen LogP contribution in [0.25, 0.3) is 0 Å². The summed E-state index contributed by atoms with van der Waals surface area (Å²) in [6, 6.07) is -0.343. The van der Waals surface area contributed by atoms with Crippen LogP contribution in [0.15, 0.2) is 11.6 Å². The summed E-state index contributed by atoms with van der Waals surface area (Å²) in [7, 11) is 1.30. The van der Waals surface area contributed by atoms with E-state index in [1.807, 2.05) is 0 Å². The number of carbonyl (C=O) groups excluding carboxylic acids is 1. The van der Waals surface area contributed by atoms with Crippen molar-refractivity contribution in [1.29, 1.82) is 0 Å². The molecule has 5 heteroatoms. The molecule has 0 aromatic carbocycles. The van der Waals surface area contributed by atoms with Crippen LogP contribution in [0.4, 0.5) is 8.78 Å². The lowest BCUT2D eigenvalue weighted by atomic mass is 10.1. The third-order valence-electron chi connectivity index (χ3n) is 2.28. The average Bonchev–Trinajstić information content (AvgIpc) is 2.44. The van der Waals surface area contributed by atoms with Gasteiger partial charge in [0.2, 0.25) is 0 Å². The molecule has 1 rings (SSSR count). The Morgan fingerprint density at radius 2 is 2.33 bits per heavy atom. The second-order valence-corrected chi connectivity index (χ2v) is 3.81. The van der Waals surface area contributed by atoms with Gasteiger partial charge < -0.3 is 10.1 Å².